The Bertz CT molecular complexity index is 431. The van der Waals surface area contributed by atoms with Crippen molar-refractivity contribution >= 4 is 0 Å². The van der Waals surface area contributed by atoms with Gasteiger partial charge >= 0.3 is 0 Å². The van der Waals surface area contributed by atoms with E-state index >= 15 is 0 Å². The van der Waals surface area contributed by atoms with Gasteiger partial charge in [-0.1, -0.05) is 0 Å². The maximum atomic E-state index is 9.18. The molecule has 1 aromatic heterocycles. The predicted octanol–water partition coefficient (Wildman–Crippen LogP) is 1.92. The van der Waals surface area contributed by atoms with E-state index < -0.39 is 0 Å². The number of benzene rings is 1. The van der Waals surface area contributed by atoms with Crippen LogP contribution >= 0.6 is 0 Å². The molecule has 0 spiro atoms. The molecule has 0 aliphatic heterocycles. The largest absolute Gasteiger partial charge is 0.508 e. The summed E-state index contributed by atoms with van der Waals surface area (Å²) in [5, 5.41) is 18.1. The van der Waals surface area contributed by atoms with Gasteiger partial charge in [-0.25, -0.2) is 0 Å². The van der Waals surface area contributed by atoms with Crippen LogP contribution in [0.4, 0.5) is 0 Å². The maximum absolute atomic E-state index is 9.18. The molecule has 0 radical (unpaired) electrons. The summed E-state index contributed by atoms with van der Waals surface area (Å²) in [5.74, 6) is 0.258. The Balaban J connectivity index is 2.36. The SMILES string of the molecule is OCCc1cc[nH]c1-c1ccc(O)cc1. The van der Waals surface area contributed by atoms with Gasteiger partial charge in [0.2, 0.25) is 0 Å². The molecule has 0 bridgehead atoms. The van der Waals surface area contributed by atoms with Crippen molar-refractivity contribution < 1.29 is 10.2 Å². The van der Waals surface area contributed by atoms with E-state index in [1.807, 2.05) is 24.4 Å². The summed E-state index contributed by atoms with van der Waals surface area (Å²) in [7, 11) is 0. The molecule has 2 rings (SSSR count). The standard InChI is InChI=1S/C12H13NO2/c14-8-6-10-5-7-13-12(10)9-1-3-11(15)4-2-9/h1-5,7,13-15H,6,8H2. The minimum absolute atomic E-state index is 0.142. The number of phenols is 1. The summed E-state index contributed by atoms with van der Waals surface area (Å²) in [6.45, 7) is 0.142. The zero-order chi connectivity index (χ0) is 10.7. The fourth-order valence-corrected chi connectivity index (χ4v) is 1.63. The van der Waals surface area contributed by atoms with E-state index in [0.717, 1.165) is 16.8 Å². The van der Waals surface area contributed by atoms with Crippen molar-refractivity contribution in [3.05, 3.63) is 42.1 Å². The van der Waals surface area contributed by atoms with Gasteiger partial charge in [0.05, 0.1) is 0 Å². The van der Waals surface area contributed by atoms with Gasteiger partial charge in [0.25, 0.3) is 0 Å². The molecule has 78 valence electrons. The molecule has 3 nitrogen and oxygen atoms in total. The number of aromatic amines is 1. The molecule has 0 saturated carbocycles. The van der Waals surface area contributed by atoms with Gasteiger partial charge in [0, 0.05) is 18.5 Å². The molecule has 3 heteroatoms. The van der Waals surface area contributed by atoms with Crippen LogP contribution in [0.2, 0.25) is 0 Å². The van der Waals surface area contributed by atoms with Crippen molar-refractivity contribution in [3.8, 4) is 17.0 Å². The molecule has 0 saturated heterocycles. The van der Waals surface area contributed by atoms with Crippen molar-refractivity contribution in [2.45, 2.75) is 6.42 Å². The monoisotopic (exact) mass is 203 g/mol. The number of hydrogen-bond donors (Lipinski definition) is 3. The number of hydrogen-bond acceptors (Lipinski definition) is 2. The van der Waals surface area contributed by atoms with E-state index in [-0.39, 0.29) is 12.4 Å². The molecule has 0 amide bonds. The molecule has 0 atom stereocenters. The molecule has 15 heavy (non-hydrogen) atoms. The third kappa shape index (κ3) is 2.02. The molecule has 0 aliphatic carbocycles. The summed E-state index contributed by atoms with van der Waals surface area (Å²) in [6, 6.07) is 8.96. The highest BCUT2D eigenvalue weighted by atomic mass is 16.3. The Kier molecular flexibility index (Phi) is 2.74. The summed E-state index contributed by atoms with van der Waals surface area (Å²) in [6.07, 6.45) is 2.49. The second-order valence-corrected chi connectivity index (χ2v) is 3.40. The van der Waals surface area contributed by atoms with Crippen LogP contribution in [0.5, 0.6) is 5.75 Å². The fraction of sp³-hybridized carbons (Fsp3) is 0.167. The van der Waals surface area contributed by atoms with Crippen LogP contribution in [0, 0.1) is 0 Å². The number of aromatic hydroxyl groups is 1. The van der Waals surface area contributed by atoms with Crippen LogP contribution in [-0.2, 0) is 6.42 Å². The van der Waals surface area contributed by atoms with Crippen LogP contribution < -0.4 is 0 Å². The lowest BCUT2D eigenvalue weighted by atomic mass is 10.1. The van der Waals surface area contributed by atoms with Crippen LogP contribution in [0.3, 0.4) is 0 Å². The second-order valence-electron chi connectivity index (χ2n) is 3.40. The fourth-order valence-electron chi connectivity index (χ4n) is 1.63. The Morgan fingerprint density at radius 1 is 1.07 bits per heavy atom. The average molecular weight is 203 g/mol. The van der Waals surface area contributed by atoms with Crippen molar-refractivity contribution in [1.29, 1.82) is 0 Å². The quantitative estimate of drug-likeness (QED) is 0.713. The number of nitrogens with one attached hydrogen (secondary N) is 1. The van der Waals surface area contributed by atoms with Crippen molar-refractivity contribution in [3.63, 3.8) is 0 Å². The number of phenolic OH excluding ortho intramolecular Hbond substituents is 1. The first-order valence-electron chi connectivity index (χ1n) is 4.88. The van der Waals surface area contributed by atoms with Gasteiger partial charge < -0.3 is 15.2 Å². The van der Waals surface area contributed by atoms with Crippen LogP contribution in [0.1, 0.15) is 5.56 Å². The van der Waals surface area contributed by atoms with Crippen molar-refractivity contribution in [2.24, 2.45) is 0 Å². The number of H-pyrrole nitrogens is 1. The van der Waals surface area contributed by atoms with E-state index in [9.17, 15) is 5.11 Å². The highest BCUT2D eigenvalue weighted by molar-refractivity contribution is 5.64. The number of aromatic nitrogens is 1. The predicted molar refractivity (Wildman–Crippen MR) is 58.7 cm³/mol. The Morgan fingerprint density at radius 3 is 2.47 bits per heavy atom. The minimum atomic E-state index is 0.142. The Labute approximate surface area is 88.0 Å². The average Bonchev–Trinajstić information content (AvgIpc) is 2.68. The minimum Gasteiger partial charge on any atom is -0.508 e. The molecule has 2 aromatic rings. The molecule has 0 unspecified atom stereocenters. The summed E-state index contributed by atoms with van der Waals surface area (Å²) in [4.78, 5) is 3.13. The van der Waals surface area contributed by atoms with E-state index in [2.05, 4.69) is 4.98 Å². The Morgan fingerprint density at radius 2 is 1.80 bits per heavy atom. The molecule has 1 aromatic carbocycles. The highest BCUT2D eigenvalue weighted by Crippen LogP contribution is 2.24. The van der Waals surface area contributed by atoms with Crippen LogP contribution in [0.25, 0.3) is 11.3 Å². The van der Waals surface area contributed by atoms with Gasteiger partial charge in [-0.15, -0.1) is 0 Å². The maximum Gasteiger partial charge on any atom is 0.115 e. The van der Waals surface area contributed by atoms with E-state index in [0.29, 0.717) is 6.42 Å². The van der Waals surface area contributed by atoms with Gasteiger partial charge in [0.15, 0.2) is 0 Å². The molecule has 0 aliphatic rings. The summed E-state index contributed by atoms with van der Waals surface area (Å²) in [5.41, 5.74) is 3.11. The number of aliphatic hydroxyl groups excluding tert-OH is 1. The smallest absolute Gasteiger partial charge is 0.115 e. The first kappa shape index (κ1) is 9.80. The zero-order valence-corrected chi connectivity index (χ0v) is 8.27. The molecule has 0 fully saturated rings. The van der Waals surface area contributed by atoms with E-state index in [1.54, 1.807) is 12.1 Å². The third-order valence-corrected chi connectivity index (χ3v) is 2.37. The van der Waals surface area contributed by atoms with E-state index in [1.165, 1.54) is 0 Å². The van der Waals surface area contributed by atoms with Crippen molar-refractivity contribution in [2.75, 3.05) is 6.61 Å². The summed E-state index contributed by atoms with van der Waals surface area (Å²) < 4.78 is 0. The van der Waals surface area contributed by atoms with Crippen LogP contribution in [-0.4, -0.2) is 21.8 Å². The zero-order valence-electron chi connectivity index (χ0n) is 8.27. The van der Waals surface area contributed by atoms with Gasteiger partial charge in [-0.2, -0.15) is 0 Å². The second kappa shape index (κ2) is 4.19. The van der Waals surface area contributed by atoms with E-state index in [4.69, 9.17) is 5.11 Å². The lowest BCUT2D eigenvalue weighted by Gasteiger charge is -2.03. The Hall–Kier alpha value is -1.74. The van der Waals surface area contributed by atoms with Crippen LogP contribution in [0.15, 0.2) is 36.5 Å². The lowest BCUT2D eigenvalue weighted by molar-refractivity contribution is 0.300. The molecule has 1 heterocycles. The highest BCUT2D eigenvalue weighted by Gasteiger charge is 2.05. The van der Waals surface area contributed by atoms with Gasteiger partial charge in [-0.05, 0) is 47.9 Å². The number of rotatable bonds is 3. The first-order chi connectivity index (χ1) is 7.31. The normalized spacial score (nSPS) is 10.5. The van der Waals surface area contributed by atoms with Crippen molar-refractivity contribution in [1.82, 2.24) is 4.98 Å². The summed E-state index contributed by atoms with van der Waals surface area (Å²) >= 11 is 0. The van der Waals surface area contributed by atoms with Gasteiger partial charge in [-0.3, -0.25) is 0 Å². The lowest BCUT2D eigenvalue weighted by Crippen LogP contribution is -1.91. The molecular weight excluding hydrogens is 190 g/mol. The third-order valence-electron chi connectivity index (χ3n) is 2.37. The molecular formula is C12H13NO2. The van der Waals surface area contributed by atoms with Gasteiger partial charge in [0.1, 0.15) is 5.75 Å². The molecule has 3 N–H and O–H groups in total. The topological polar surface area (TPSA) is 56.2 Å². The first-order valence-corrected chi connectivity index (χ1v) is 4.88. The number of aliphatic hydroxyl groups is 1.